The highest BCUT2D eigenvalue weighted by atomic mass is 15.3. The fourth-order valence-corrected chi connectivity index (χ4v) is 3.53. The quantitative estimate of drug-likeness (QED) is 0.862. The second kappa shape index (κ2) is 3.45. The predicted octanol–water partition coefficient (Wildman–Crippen LogP) is 1.24. The Morgan fingerprint density at radius 1 is 1.39 bits per heavy atom. The Morgan fingerprint density at radius 2 is 2.22 bits per heavy atom. The molecule has 5 nitrogen and oxygen atoms in total. The Bertz CT molecular complexity index is 576. The topological polar surface area (TPSA) is 45.5 Å². The van der Waals surface area contributed by atoms with Gasteiger partial charge in [-0.2, -0.15) is 0 Å². The van der Waals surface area contributed by atoms with Crippen LogP contribution < -0.4 is 5.32 Å². The van der Waals surface area contributed by atoms with E-state index in [2.05, 4.69) is 27.3 Å². The molecule has 1 saturated heterocycles. The molecule has 0 bridgehead atoms. The van der Waals surface area contributed by atoms with E-state index in [0.29, 0.717) is 11.5 Å². The summed E-state index contributed by atoms with van der Waals surface area (Å²) in [5, 5.41) is 7.88. The van der Waals surface area contributed by atoms with Gasteiger partial charge in [0.05, 0.1) is 11.7 Å². The Kier molecular flexibility index (Phi) is 1.97. The van der Waals surface area contributed by atoms with Gasteiger partial charge in [0.2, 0.25) is 5.95 Å². The normalized spacial score (nSPS) is 22.9. The number of nitrogens with zero attached hydrogens (tertiary/aromatic N) is 4. The number of nitrogens with one attached hydrogen (secondary N) is 1. The third kappa shape index (κ3) is 1.50. The lowest BCUT2D eigenvalue weighted by Crippen LogP contribution is -2.63. The molecule has 0 amide bonds. The monoisotopic (exact) mass is 243 g/mol. The van der Waals surface area contributed by atoms with Gasteiger partial charge in [-0.15, -0.1) is 5.10 Å². The molecule has 2 aliphatic rings. The van der Waals surface area contributed by atoms with Crippen LogP contribution in [0.2, 0.25) is 0 Å². The minimum absolute atomic E-state index is 0.548. The van der Waals surface area contributed by atoms with Gasteiger partial charge in [-0.3, -0.25) is 0 Å². The van der Waals surface area contributed by atoms with Crippen LogP contribution in [0.5, 0.6) is 0 Å². The molecular weight excluding hydrogens is 226 g/mol. The van der Waals surface area contributed by atoms with Gasteiger partial charge in [-0.05, 0) is 37.4 Å². The van der Waals surface area contributed by atoms with Crippen molar-refractivity contribution in [2.75, 3.05) is 25.5 Å². The molecule has 2 aromatic heterocycles. The van der Waals surface area contributed by atoms with Crippen LogP contribution in [0.3, 0.4) is 0 Å². The molecule has 18 heavy (non-hydrogen) atoms. The summed E-state index contributed by atoms with van der Waals surface area (Å²) in [6, 6.07) is 4.54. The average molecular weight is 243 g/mol. The van der Waals surface area contributed by atoms with Gasteiger partial charge in [0.1, 0.15) is 0 Å². The maximum atomic E-state index is 4.45. The summed E-state index contributed by atoms with van der Waals surface area (Å²) in [5.41, 5.74) is 1.63. The number of likely N-dealkylation sites (tertiary alicyclic amines) is 1. The summed E-state index contributed by atoms with van der Waals surface area (Å²) in [6.07, 6.45) is 6.32. The first kappa shape index (κ1) is 10.3. The highest BCUT2D eigenvalue weighted by molar-refractivity contribution is 5.45. The molecule has 0 radical (unpaired) electrons. The molecule has 4 rings (SSSR count). The van der Waals surface area contributed by atoms with Gasteiger partial charge in [0.15, 0.2) is 0 Å². The van der Waals surface area contributed by atoms with Crippen LogP contribution in [0.1, 0.15) is 12.8 Å². The summed E-state index contributed by atoms with van der Waals surface area (Å²) in [5.74, 6) is 0.742. The summed E-state index contributed by atoms with van der Waals surface area (Å²) in [4.78, 5) is 6.74. The molecule has 1 saturated carbocycles. The minimum atomic E-state index is 0.548. The van der Waals surface area contributed by atoms with Crippen molar-refractivity contribution in [3.63, 3.8) is 0 Å². The molecule has 0 aromatic carbocycles. The van der Waals surface area contributed by atoms with E-state index in [-0.39, 0.29) is 0 Å². The first-order chi connectivity index (χ1) is 8.72. The maximum absolute atomic E-state index is 4.45. The van der Waals surface area contributed by atoms with Crippen LogP contribution in [0.4, 0.5) is 5.95 Å². The molecule has 3 heterocycles. The Morgan fingerprint density at radius 3 is 3.00 bits per heavy atom. The standard InChI is InChI=1S/C13H17N5/c1-17-8-13(9-17)5-10(6-13)15-12-14-7-11-3-2-4-18(11)16-12/h2-4,7,10H,5-6,8-9H2,1H3,(H,15,16). The number of rotatable bonds is 2. The summed E-state index contributed by atoms with van der Waals surface area (Å²) < 4.78 is 1.86. The van der Waals surface area contributed by atoms with Gasteiger partial charge in [-0.25, -0.2) is 9.50 Å². The molecule has 0 unspecified atom stereocenters. The van der Waals surface area contributed by atoms with Gasteiger partial charge in [0, 0.05) is 25.3 Å². The largest absolute Gasteiger partial charge is 0.350 e. The van der Waals surface area contributed by atoms with E-state index < -0.39 is 0 Å². The maximum Gasteiger partial charge on any atom is 0.241 e. The van der Waals surface area contributed by atoms with E-state index in [1.807, 2.05) is 29.0 Å². The number of hydrogen-bond donors (Lipinski definition) is 1. The SMILES string of the molecule is CN1CC2(CC(Nc3ncc4cccn4n3)C2)C1. The van der Waals surface area contributed by atoms with E-state index in [9.17, 15) is 0 Å². The number of aromatic nitrogens is 3. The second-order valence-electron chi connectivity index (χ2n) is 5.88. The highest BCUT2D eigenvalue weighted by Gasteiger charge is 2.51. The molecule has 1 aliphatic carbocycles. The zero-order chi connectivity index (χ0) is 12.2. The zero-order valence-corrected chi connectivity index (χ0v) is 10.5. The molecule has 2 aromatic rings. The van der Waals surface area contributed by atoms with Crippen molar-refractivity contribution in [2.45, 2.75) is 18.9 Å². The first-order valence-corrected chi connectivity index (χ1v) is 6.48. The molecule has 0 atom stereocenters. The highest BCUT2D eigenvalue weighted by Crippen LogP contribution is 2.48. The van der Waals surface area contributed by atoms with E-state index in [4.69, 9.17) is 0 Å². The Hall–Kier alpha value is -1.62. The van der Waals surface area contributed by atoms with Crippen molar-refractivity contribution in [3.8, 4) is 0 Å². The lowest BCUT2D eigenvalue weighted by Gasteiger charge is -2.58. The molecule has 5 heteroatoms. The predicted molar refractivity (Wildman–Crippen MR) is 69.6 cm³/mol. The molecular formula is C13H17N5. The van der Waals surface area contributed by atoms with Crippen molar-refractivity contribution >= 4 is 11.5 Å². The summed E-state index contributed by atoms with van der Waals surface area (Å²) in [6.45, 7) is 2.51. The van der Waals surface area contributed by atoms with Gasteiger partial charge < -0.3 is 10.2 Å². The van der Waals surface area contributed by atoms with E-state index >= 15 is 0 Å². The second-order valence-corrected chi connectivity index (χ2v) is 5.88. The van der Waals surface area contributed by atoms with Crippen LogP contribution in [-0.4, -0.2) is 45.7 Å². The molecule has 1 aliphatic heterocycles. The van der Waals surface area contributed by atoms with Gasteiger partial charge in [0.25, 0.3) is 0 Å². The van der Waals surface area contributed by atoms with Crippen molar-refractivity contribution in [1.82, 2.24) is 19.5 Å². The number of anilines is 1. The van der Waals surface area contributed by atoms with Crippen LogP contribution in [0.25, 0.3) is 5.52 Å². The smallest absolute Gasteiger partial charge is 0.241 e. The van der Waals surface area contributed by atoms with Crippen LogP contribution in [0, 0.1) is 5.41 Å². The van der Waals surface area contributed by atoms with Crippen molar-refractivity contribution < 1.29 is 0 Å². The first-order valence-electron chi connectivity index (χ1n) is 6.48. The summed E-state index contributed by atoms with van der Waals surface area (Å²) >= 11 is 0. The van der Waals surface area contributed by atoms with Crippen molar-refractivity contribution in [2.24, 2.45) is 5.41 Å². The Balaban J connectivity index is 1.43. The fourth-order valence-electron chi connectivity index (χ4n) is 3.53. The Labute approximate surface area is 106 Å². The molecule has 94 valence electrons. The third-order valence-electron chi connectivity index (χ3n) is 4.18. The summed E-state index contributed by atoms with van der Waals surface area (Å²) in [7, 11) is 2.19. The minimum Gasteiger partial charge on any atom is -0.350 e. The molecule has 1 N–H and O–H groups in total. The van der Waals surface area contributed by atoms with Gasteiger partial charge >= 0.3 is 0 Å². The van der Waals surface area contributed by atoms with Gasteiger partial charge in [-0.1, -0.05) is 0 Å². The van der Waals surface area contributed by atoms with Crippen LogP contribution in [-0.2, 0) is 0 Å². The molecule has 2 fully saturated rings. The fraction of sp³-hybridized carbons (Fsp3) is 0.538. The van der Waals surface area contributed by atoms with Crippen LogP contribution in [0.15, 0.2) is 24.5 Å². The molecule has 1 spiro atoms. The van der Waals surface area contributed by atoms with Crippen molar-refractivity contribution in [1.29, 1.82) is 0 Å². The number of hydrogen-bond acceptors (Lipinski definition) is 4. The lowest BCUT2D eigenvalue weighted by molar-refractivity contribution is -0.0514. The van der Waals surface area contributed by atoms with E-state index in [1.165, 1.54) is 25.9 Å². The third-order valence-corrected chi connectivity index (χ3v) is 4.18. The van der Waals surface area contributed by atoms with Crippen LogP contribution >= 0.6 is 0 Å². The zero-order valence-electron chi connectivity index (χ0n) is 10.5. The van der Waals surface area contributed by atoms with Crippen molar-refractivity contribution in [3.05, 3.63) is 24.5 Å². The van der Waals surface area contributed by atoms with E-state index in [0.717, 1.165) is 11.5 Å². The lowest BCUT2D eigenvalue weighted by atomic mass is 9.61. The average Bonchev–Trinajstić information content (AvgIpc) is 2.71. The van der Waals surface area contributed by atoms with E-state index in [1.54, 1.807) is 0 Å². The number of fused-ring (bicyclic) bond motifs is 1.